The second kappa shape index (κ2) is 6.96. The molecule has 0 aliphatic rings. The Morgan fingerprint density at radius 3 is 2.36 bits per heavy atom. The highest BCUT2D eigenvalue weighted by atomic mass is 35.5. The van der Waals surface area contributed by atoms with E-state index >= 15 is 0 Å². The molecule has 22 heavy (non-hydrogen) atoms. The van der Waals surface area contributed by atoms with Gasteiger partial charge in [0, 0.05) is 26.7 Å². The molecule has 2 aromatic carbocycles. The van der Waals surface area contributed by atoms with E-state index in [4.69, 9.17) is 39.5 Å². The maximum absolute atomic E-state index is 12.0. The second-order valence-electron chi connectivity index (χ2n) is 4.23. The largest absolute Gasteiger partial charge is 0.457 e. The fraction of sp³-hybridized carbons (Fsp3) is 0.0714. The minimum absolute atomic E-state index is 0.130. The summed E-state index contributed by atoms with van der Waals surface area (Å²) >= 11 is 17.4. The summed E-state index contributed by atoms with van der Waals surface area (Å²) in [4.78, 5) is 22.2. The summed E-state index contributed by atoms with van der Waals surface area (Å²) in [6.07, 6.45) is 0. The molecule has 0 saturated carbocycles. The van der Waals surface area contributed by atoms with Gasteiger partial charge in [0.2, 0.25) is 0 Å². The number of rotatable bonds is 4. The van der Waals surface area contributed by atoms with Gasteiger partial charge in [0.05, 0.1) is 4.92 Å². The average Bonchev–Trinajstić information content (AvgIpc) is 2.45. The van der Waals surface area contributed by atoms with E-state index in [0.717, 1.165) is 6.07 Å². The third-order valence-electron chi connectivity index (χ3n) is 2.75. The predicted molar refractivity (Wildman–Crippen MR) is 83.7 cm³/mol. The van der Waals surface area contributed by atoms with Crippen LogP contribution in [-0.2, 0) is 11.3 Å². The van der Waals surface area contributed by atoms with Crippen molar-refractivity contribution in [2.45, 2.75) is 6.61 Å². The molecule has 0 N–H and O–H groups in total. The molecule has 0 atom stereocenters. The molecule has 114 valence electrons. The van der Waals surface area contributed by atoms with Gasteiger partial charge in [0.15, 0.2) is 0 Å². The summed E-state index contributed by atoms with van der Waals surface area (Å²) in [5.74, 6) is -0.839. The van der Waals surface area contributed by atoms with Gasteiger partial charge in [-0.15, -0.1) is 0 Å². The van der Waals surface area contributed by atoms with Crippen LogP contribution in [0.15, 0.2) is 36.4 Å². The average molecular weight is 361 g/mol. The molecule has 0 saturated heterocycles. The van der Waals surface area contributed by atoms with Crippen molar-refractivity contribution in [2.75, 3.05) is 0 Å². The number of halogens is 3. The Morgan fingerprint density at radius 1 is 1.09 bits per heavy atom. The van der Waals surface area contributed by atoms with Crippen molar-refractivity contribution in [3.05, 3.63) is 72.7 Å². The van der Waals surface area contributed by atoms with Crippen molar-refractivity contribution in [3.63, 3.8) is 0 Å². The molecule has 0 fully saturated rings. The molecule has 0 amide bonds. The first-order valence-corrected chi connectivity index (χ1v) is 7.07. The SMILES string of the molecule is O=C(OCc1ccc(Cl)cc1Cl)c1ccc(Cl)cc1[N+](=O)[O-]. The third-order valence-corrected chi connectivity index (χ3v) is 3.57. The van der Waals surface area contributed by atoms with Crippen LogP contribution in [0.4, 0.5) is 5.69 Å². The minimum atomic E-state index is -0.839. The van der Waals surface area contributed by atoms with Crippen LogP contribution in [-0.4, -0.2) is 10.9 Å². The van der Waals surface area contributed by atoms with Gasteiger partial charge in [-0.3, -0.25) is 10.1 Å². The van der Waals surface area contributed by atoms with Gasteiger partial charge in [-0.25, -0.2) is 4.79 Å². The van der Waals surface area contributed by atoms with E-state index < -0.39 is 16.6 Å². The lowest BCUT2D eigenvalue weighted by atomic mass is 10.2. The fourth-order valence-corrected chi connectivity index (χ4v) is 2.32. The van der Waals surface area contributed by atoms with Gasteiger partial charge < -0.3 is 4.74 Å². The number of carbonyl (C=O) groups is 1. The lowest BCUT2D eigenvalue weighted by Crippen LogP contribution is -2.08. The van der Waals surface area contributed by atoms with Crippen LogP contribution in [0.3, 0.4) is 0 Å². The Morgan fingerprint density at radius 2 is 1.73 bits per heavy atom. The van der Waals surface area contributed by atoms with Crippen LogP contribution in [0.5, 0.6) is 0 Å². The van der Waals surface area contributed by atoms with Crippen molar-refractivity contribution >= 4 is 46.5 Å². The number of hydrogen-bond donors (Lipinski definition) is 0. The summed E-state index contributed by atoms with van der Waals surface area (Å²) in [5.41, 5.74) is -0.0600. The number of benzene rings is 2. The molecule has 5 nitrogen and oxygen atoms in total. The van der Waals surface area contributed by atoms with Crippen molar-refractivity contribution in [1.29, 1.82) is 0 Å². The van der Waals surface area contributed by atoms with Gasteiger partial charge in [-0.2, -0.15) is 0 Å². The van der Waals surface area contributed by atoms with Crippen LogP contribution in [0, 0.1) is 10.1 Å². The molecule has 0 heterocycles. The summed E-state index contributed by atoms with van der Waals surface area (Å²) in [7, 11) is 0. The molecule has 0 radical (unpaired) electrons. The van der Waals surface area contributed by atoms with Crippen LogP contribution < -0.4 is 0 Å². The highest BCUT2D eigenvalue weighted by Crippen LogP contribution is 2.25. The Balaban J connectivity index is 2.18. The molecule has 2 rings (SSSR count). The summed E-state index contributed by atoms with van der Waals surface area (Å²) < 4.78 is 5.05. The highest BCUT2D eigenvalue weighted by Gasteiger charge is 2.22. The van der Waals surface area contributed by atoms with Crippen molar-refractivity contribution in [2.24, 2.45) is 0 Å². The number of nitrogens with zero attached hydrogens (tertiary/aromatic N) is 1. The normalized spacial score (nSPS) is 10.3. The van der Waals surface area contributed by atoms with Gasteiger partial charge in [0.1, 0.15) is 12.2 Å². The molecule has 8 heteroatoms. The molecule has 0 bridgehead atoms. The number of nitro benzene ring substituents is 1. The zero-order valence-electron chi connectivity index (χ0n) is 10.9. The van der Waals surface area contributed by atoms with Gasteiger partial charge in [-0.1, -0.05) is 40.9 Å². The molecule has 2 aromatic rings. The lowest BCUT2D eigenvalue weighted by Gasteiger charge is -2.07. The van der Waals surface area contributed by atoms with Gasteiger partial charge in [-0.05, 0) is 24.3 Å². The zero-order chi connectivity index (χ0) is 16.3. The smallest absolute Gasteiger partial charge is 0.345 e. The van der Waals surface area contributed by atoms with Crippen molar-refractivity contribution in [1.82, 2.24) is 0 Å². The van der Waals surface area contributed by atoms with E-state index in [9.17, 15) is 14.9 Å². The molecule has 0 aliphatic heterocycles. The predicted octanol–water partition coefficient (Wildman–Crippen LogP) is 4.91. The molecule has 0 aliphatic carbocycles. The Kier molecular flexibility index (Phi) is 5.24. The van der Waals surface area contributed by atoms with E-state index in [1.165, 1.54) is 18.2 Å². The minimum Gasteiger partial charge on any atom is -0.457 e. The molecular weight excluding hydrogens is 353 g/mol. The first-order valence-electron chi connectivity index (χ1n) is 5.93. The Bertz CT molecular complexity index is 749. The number of esters is 1. The molecule has 0 spiro atoms. The van der Waals surface area contributed by atoms with E-state index in [2.05, 4.69) is 0 Å². The third kappa shape index (κ3) is 3.88. The van der Waals surface area contributed by atoms with Crippen LogP contribution in [0.2, 0.25) is 15.1 Å². The maximum atomic E-state index is 12.0. The van der Waals surface area contributed by atoms with Gasteiger partial charge in [0.25, 0.3) is 5.69 Å². The number of hydrogen-bond acceptors (Lipinski definition) is 4. The molecular formula is C14H8Cl3NO4. The van der Waals surface area contributed by atoms with E-state index in [1.807, 2.05) is 0 Å². The molecule has 0 aromatic heterocycles. The Labute approximate surface area is 140 Å². The topological polar surface area (TPSA) is 69.4 Å². The summed E-state index contributed by atoms with van der Waals surface area (Å²) in [5, 5.41) is 11.9. The maximum Gasteiger partial charge on any atom is 0.345 e. The van der Waals surface area contributed by atoms with Crippen LogP contribution in [0.25, 0.3) is 0 Å². The first-order chi connectivity index (χ1) is 10.4. The van der Waals surface area contributed by atoms with E-state index in [0.29, 0.717) is 15.6 Å². The van der Waals surface area contributed by atoms with E-state index in [1.54, 1.807) is 12.1 Å². The van der Waals surface area contributed by atoms with Crippen molar-refractivity contribution < 1.29 is 14.5 Å². The lowest BCUT2D eigenvalue weighted by molar-refractivity contribution is -0.385. The number of nitro groups is 1. The fourth-order valence-electron chi connectivity index (χ4n) is 1.69. The number of ether oxygens (including phenoxy) is 1. The monoisotopic (exact) mass is 359 g/mol. The standard InChI is InChI=1S/C14H8Cl3NO4/c15-9-2-1-8(12(17)5-9)7-22-14(19)11-4-3-10(16)6-13(11)18(20)21/h1-6H,7H2. The second-order valence-corrected chi connectivity index (χ2v) is 5.51. The summed E-state index contributed by atoms with van der Waals surface area (Å²) in [6, 6.07) is 8.42. The van der Waals surface area contributed by atoms with Crippen LogP contribution in [0.1, 0.15) is 15.9 Å². The van der Waals surface area contributed by atoms with Crippen LogP contribution >= 0.6 is 34.8 Å². The first kappa shape index (κ1) is 16.5. The quantitative estimate of drug-likeness (QED) is 0.441. The number of carbonyl (C=O) groups excluding carboxylic acids is 1. The zero-order valence-corrected chi connectivity index (χ0v) is 13.2. The molecule has 0 unspecified atom stereocenters. The summed E-state index contributed by atoms with van der Waals surface area (Å²) in [6.45, 7) is -0.130. The van der Waals surface area contributed by atoms with Gasteiger partial charge >= 0.3 is 5.97 Å². The Hall–Kier alpha value is -1.82. The van der Waals surface area contributed by atoms with E-state index in [-0.39, 0.29) is 17.2 Å². The van der Waals surface area contributed by atoms with Crippen molar-refractivity contribution in [3.8, 4) is 0 Å². The highest BCUT2D eigenvalue weighted by molar-refractivity contribution is 6.35.